The number of phenolic OH excluding ortho intramolecular Hbond substituents is 2. The van der Waals surface area contributed by atoms with Crippen molar-refractivity contribution in [1.29, 1.82) is 0 Å². The molecule has 0 aliphatic carbocycles. The summed E-state index contributed by atoms with van der Waals surface area (Å²) in [6.07, 6.45) is 2.90. The molecule has 2 rings (SSSR count). The van der Waals surface area contributed by atoms with Crippen molar-refractivity contribution in [2.75, 3.05) is 6.54 Å². The van der Waals surface area contributed by atoms with Crippen LogP contribution in [0.4, 0.5) is 0 Å². The zero-order valence-corrected chi connectivity index (χ0v) is 11.0. The van der Waals surface area contributed by atoms with Crippen LogP contribution in [0.3, 0.4) is 0 Å². The molecular formula is C14H20N2O3. The fourth-order valence-corrected chi connectivity index (χ4v) is 2.72. The number of phenols is 2. The number of carbonyl (C=O) groups is 1. The Bertz CT molecular complexity index is 476. The molecule has 2 atom stereocenters. The number of nitrogens with two attached hydrogens (primary N) is 1. The van der Waals surface area contributed by atoms with Gasteiger partial charge >= 0.3 is 0 Å². The Kier molecular flexibility index (Phi) is 3.95. The molecule has 4 N–H and O–H groups in total. The second kappa shape index (κ2) is 5.48. The minimum Gasteiger partial charge on any atom is -0.508 e. The first-order valence-corrected chi connectivity index (χ1v) is 6.59. The number of benzene rings is 1. The van der Waals surface area contributed by atoms with Gasteiger partial charge in [-0.05, 0) is 38.3 Å². The lowest BCUT2D eigenvalue weighted by Crippen LogP contribution is -2.51. The van der Waals surface area contributed by atoms with Crippen molar-refractivity contribution < 1.29 is 15.0 Å². The van der Waals surface area contributed by atoms with E-state index < -0.39 is 0 Å². The predicted molar refractivity (Wildman–Crippen MR) is 72.1 cm³/mol. The molecule has 5 nitrogen and oxygen atoms in total. The van der Waals surface area contributed by atoms with E-state index in [-0.39, 0.29) is 35.1 Å². The molecule has 1 aromatic carbocycles. The second-order valence-corrected chi connectivity index (χ2v) is 5.08. The summed E-state index contributed by atoms with van der Waals surface area (Å²) in [6, 6.07) is 4.16. The van der Waals surface area contributed by atoms with Crippen molar-refractivity contribution in [3.05, 3.63) is 23.8 Å². The highest BCUT2D eigenvalue weighted by molar-refractivity contribution is 5.97. The molecule has 1 fully saturated rings. The Hall–Kier alpha value is -1.75. The van der Waals surface area contributed by atoms with Gasteiger partial charge in [0.2, 0.25) is 0 Å². The molecule has 19 heavy (non-hydrogen) atoms. The number of hydrogen-bond acceptors (Lipinski definition) is 4. The number of hydrogen-bond donors (Lipinski definition) is 3. The van der Waals surface area contributed by atoms with E-state index in [0.717, 1.165) is 19.3 Å². The lowest BCUT2D eigenvalue weighted by atomic mass is 9.95. The molecule has 0 radical (unpaired) electrons. The maximum Gasteiger partial charge on any atom is 0.258 e. The normalized spacial score (nSPS) is 23.4. The van der Waals surface area contributed by atoms with Gasteiger partial charge in [-0.25, -0.2) is 0 Å². The maximum absolute atomic E-state index is 12.5. The summed E-state index contributed by atoms with van der Waals surface area (Å²) in [4.78, 5) is 14.3. The average molecular weight is 264 g/mol. The van der Waals surface area contributed by atoms with Crippen LogP contribution in [0.5, 0.6) is 11.5 Å². The van der Waals surface area contributed by atoms with Gasteiger partial charge < -0.3 is 20.8 Å². The van der Waals surface area contributed by atoms with Crippen molar-refractivity contribution in [3.8, 4) is 11.5 Å². The van der Waals surface area contributed by atoms with Gasteiger partial charge in [-0.2, -0.15) is 0 Å². The van der Waals surface area contributed by atoms with E-state index in [9.17, 15) is 15.0 Å². The molecule has 1 heterocycles. The zero-order valence-electron chi connectivity index (χ0n) is 11.0. The molecule has 1 saturated heterocycles. The summed E-state index contributed by atoms with van der Waals surface area (Å²) in [5, 5.41) is 19.1. The van der Waals surface area contributed by atoms with Gasteiger partial charge in [0, 0.05) is 24.7 Å². The largest absolute Gasteiger partial charge is 0.508 e. The first-order valence-electron chi connectivity index (χ1n) is 6.59. The number of carbonyl (C=O) groups excluding carboxylic acids is 1. The smallest absolute Gasteiger partial charge is 0.258 e. The third-order valence-electron chi connectivity index (χ3n) is 3.75. The first kappa shape index (κ1) is 13.7. The molecule has 0 bridgehead atoms. The van der Waals surface area contributed by atoms with E-state index in [1.165, 1.54) is 18.2 Å². The van der Waals surface area contributed by atoms with Crippen molar-refractivity contribution >= 4 is 5.91 Å². The van der Waals surface area contributed by atoms with Gasteiger partial charge in [0.05, 0.1) is 5.56 Å². The molecule has 1 aliphatic heterocycles. The van der Waals surface area contributed by atoms with Crippen LogP contribution in [0.25, 0.3) is 0 Å². The van der Waals surface area contributed by atoms with Crippen LogP contribution >= 0.6 is 0 Å². The van der Waals surface area contributed by atoms with Crippen LogP contribution in [0.1, 0.15) is 36.5 Å². The molecule has 0 aromatic heterocycles. The van der Waals surface area contributed by atoms with Crippen LogP contribution < -0.4 is 5.73 Å². The summed E-state index contributed by atoms with van der Waals surface area (Å²) < 4.78 is 0. The lowest BCUT2D eigenvalue weighted by Gasteiger charge is -2.40. The molecule has 1 amide bonds. The summed E-state index contributed by atoms with van der Waals surface area (Å²) >= 11 is 0. The van der Waals surface area contributed by atoms with E-state index >= 15 is 0 Å². The molecule has 1 aromatic rings. The van der Waals surface area contributed by atoms with Crippen LogP contribution in [-0.2, 0) is 0 Å². The molecule has 5 heteroatoms. The topological polar surface area (TPSA) is 86.8 Å². The van der Waals surface area contributed by atoms with Gasteiger partial charge in [-0.3, -0.25) is 4.79 Å². The summed E-state index contributed by atoms with van der Waals surface area (Å²) in [6.45, 7) is 2.42. The van der Waals surface area contributed by atoms with Crippen LogP contribution in [0, 0.1) is 0 Å². The summed E-state index contributed by atoms with van der Waals surface area (Å²) in [5.41, 5.74) is 5.95. The number of nitrogens with zero attached hydrogens (tertiary/aromatic N) is 1. The Morgan fingerprint density at radius 1 is 1.42 bits per heavy atom. The number of aromatic hydroxyl groups is 2. The highest BCUT2D eigenvalue weighted by Gasteiger charge is 2.32. The standard InChI is InChI=1S/C14H20N2O3/c1-9-3-2-4-10(8-15)16(9)14(19)12-6-5-11(17)7-13(12)18/h5-7,9-10,17-18H,2-4,8,15H2,1H3. The number of likely N-dealkylation sites (tertiary alicyclic amines) is 1. The van der Waals surface area contributed by atoms with Gasteiger partial charge in [0.15, 0.2) is 0 Å². The van der Waals surface area contributed by atoms with Gasteiger partial charge in [-0.1, -0.05) is 0 Å². The Balaban J connectivity index is 2.30. The lowest BCUT2D eigenvalue weighted by molar-refractivity contribution is 0.0491. The predicted octanol–water partition coefficient (Wildman–Crippen LogP) is 1.44. The van der Waals surface area contributed by atoms with E-state index in [1.807, 2.05) is 6.92 Å². The minimum absolute atomic E-state index is 0.0180. The highest BCUT2D eigenvalue weighted by atomic mass is 16.3. The molecule has 1 aliphatic rings. The summed E-state index contributed by atoms with van der Waals surface area (Å²) in [5.74, 6) is -0.477. The van der Waals surface area contributed by atoms with Gasteiger partial charge in [-0.15, -0.1) is 0 Å². The fraction of sp³-hybridized carbons (Fsp3) is 0.500. The molecule has 0 saturated carbocycles. The second-order valence-electron chi connectivity index (χ2n) is 5.08. The van der Waals surface area contributed by atoms with Gasteiger partial charge in [0.1, 0.15) is 11.5 Å². The number of piperidine rings is 1. The Labute approximate surface area is 112 Å². The Morgan fingerprint density at radius 3 is 2.79 bits per heavy atom. The SMILES string of the molecule is CC1CCCC(CN)N1C(=O)c1ccc(O)cc1O. The molecular weight excluding hydrogens is 244 g/mol. The van der Waals surface area contributed by atoms with E-state index in [1.54, 1.807) is 4.90 Å². The van der Waals surface area contributed by atoms with E-state index in [4.69, 9.17) is 5.73 Å². The molecule has 0 spiro atoms. The molecule has 104 valence electrons. The number of rotatable bonds is 2. The fourth-order valence-electron chi connectivity index (χ4n) is 2.72. The van der Waals surface area contributed by atoms with Crippen LogP contribution in [0.15, 0.2) is 18.2 Å². The minimum atomic E-state index is -0.222. The maximum atomic E-state index is 12.5. The van der Waals surface area contributed by atoms with Crippen molar-refractivity contribution in [1.82, 2.24) is 4.90 Å². The average Bonchev–Trinajstić information content (AvgIpc) is 2.37. The van der Waals surface area contributed by atoms with Crippen molar-refractivity contribution in [2.24, 2.45) is 5.73 Å². The van der Waals surface area contributed by atoms with Gasteiger partial charge in [0.25, 0.3) is 5.91 Å². The van der Waals surface area contributed by atoms with Crippen molar-refractivity contribution in [2.45, 2.75) is 38.3 Å². The number of amides is 1. The Morgan fingerprint density at radius 2 is 2.16 bits per heavy atom. The van der Waals surface area contributed by atoms with E-state index in [0.29, 0.717) is 6.54 Å². The monoisotopic (exact) mass is 264 g/mol. The van der Waals surface area contributed by atoms with Crippen molar-refractivity contribution in [3.63, 3.8) is 0 Å². The quantitative estimate of drug-likeness (QED) is 0.754. The van der Waals surface area contributed by atoms with E-state index in [2.05, 4.69) is 0 Å². The molecule has 2 unspecified atom stereocenters. The first-order chi connectivity index (χ1) is 9.04. The highest BCUT2D eigenvalue weighted by Crippen LogP contribution is 2.29. The zero-order chi connectivity index (χ0) is 14.0. The van der Waals surface area contributed by atoms with Crippen LogP contribution in [-0.4, -0.2) is 39.6 Å². The summed E-state index contributed by atoms with van der Waals surface area (Å²) in [7, 11) is 0. The third-order valence-corrected chi connectivity index (χ3v) is 3.75. The van der Waals surface area contributed by atoms with Crippen LogP contribution in [0.2, 0.25) is 0 Å². The third kappa shape index (κ3) is 2.66.